The van der Waals surface area contributed by atoms with Gasteiger partial charge in [0, 0.05) is 31.5 Å². The number of rotatable bonds is 8. The largest absolute Gasteiger partial charge is 0.494 e. The Balaban J connectivity index is 1.29. The summed E-state index contributed by atoms with van der Waals surface area (Å²) in [5, 5.41) is 2.75. The van der Waals surface area contributed by atoms with Crippen molar-refractivity contribution in [3.8, 4) is 5.75 Å². The molecule has 0 spiro atoms. The molecule has 2 heterocycles. The lowest BCUT2D eigenvalue weighted by molar-refractivity contribution is -0.164. The molecule has 3 aliphatic rings. The lowest BCUT2D eigenvalue weighted by Crippen LogP contribution is -2.46. The zero-order valence-corrected chi connectivity index (χ0v) is 18.6. The van der Waals surface area contributed by atoms with Gasteiger partial charge in [-0.15, -0.1) is 0 Å². The molecule has 0 radical (unpaired) electrons. The van der Waals surface area contributed by atoms with Crippen LogP contribution < -0.4 is 10.1 Å². The van der Waals surface area contributed by atoms with Gasteiger partial charge in [-0.2, -0.15) is 0 Å². The second-order valence-corrected chi connectivity index (χ2v) is 8.53. The first kappa shape index (κ1) is 22.1. The molecule has 1 unspecified atom stereocenters. The fraction of sp³-hybridized carbons (Fsp3) is 0.565. The number of amides is 2. The number of nitrogens with zero attached hydrogens (tertiary/aromatic N) is 3. The van der Waals surface area contributed by atoms with Gasteiger partial charge in [0.15, 0.2) is 6.23 Å². The molecule has 1 saturated heterocycles. The average Bonchev–Trinajstić information content (AvgIpc) is 3.37. The summed E-state index contributed by atoms with van der Waals surface area (Å²) in [4.78, 5) is 44.0. The summed E-state index contributed by atoms with van der Waals surface area (Å²) < 4.78 is 11.2. The molecular weight excluding hydrogens is 412 g/mol. The number of fused-ring (bicyclic) bond motifs is 2. The van der Waals surface area contributed by atoms with E-state index in [2.05, 4.69) is 10.3 Å². The van der Waals surface area contributed by atoms with E-state index in [1.807, 2.05) is 23.1 Å². The summed E-state index contributed by atoms with van der Waals surface area (Å²) in [6.07, 6.45) is 4.44. The molecule has 1 aromatic rings. The van der Waals surface area contributed by atoms with E-state index >= 15 is 0 Å². The van der Waals surface area contributed by atoms with Crippen LogP contribution in [0, 0.1) is 0 Å². The summed E-state index contributed by atoms with van der Waals surface area (Å²) >= 11 is 0. The predicted octanol–water partition coefficient (Wildman–Crippen LogP) is 2.46. The van der Waals surface area contributed by atoms with Gasteiger partial charge in [0.1, 0.15) is 12.3 Å². The number of esters is 1. The zero-order valence-electron chi connectivity index (χ0n) is 18.6. The number of ether oxygens (including phenoxy) is 2. The van der Waals surface area contributed by atoms with Crippen molar-refractivity contribution in [1.82, 2.24) is 15.1 Å². The molecule has 1 aromatic carbocycles. The van der Waals surface area contributed by atoms with Crippen LogP contribution in [0.25, 0.3) is 0 Å². The molecule has 2 amide bonds. The third-order valence-electron chi connectivity index (χ3n) is 6.06. The molecule has 1 N–H and O–H groups in total. The Hall–Kier alpha value is -3.10. The van der Waals surface area contributed by atoms with Crippen LogP contribution in [0.2, 0.25) is 0 Å². The van der Waals surface area contributed by atoms with Gasteiger partial charge in [0.05, 0.1) is 12.3 Å². The summed E-state index contributed by atoms with van der Waals surface area (Å²) in [6, 6.07) is 5.81. The topological polar surface area (TPSA) is 101 Å². The third kappa shape index (κ3) is 5.03. The molecule has 9 heteroatoms. The number of hydrogen-bond acceptors (Lipinski definition) is 7. The van der Waals surface area contributed by atoms with Gasteiger partial charge in [0.2, 0.25) is 17.8 Å². The van der Waals surface area contributed by atoms with E-state index in [1.165, 1.54) is 6.92 Å². The number of guanidine groups is 1. The maximum absolute atomic E-state index is 12.9. The molecule has 1 aliphatic carbocycles. The van der Waals surface area contributed by atoms with Crippen molar-refractivity contribution in [3.63, 3.8) is 0 Å². The van der Waals surface area contributed by atoms with E-state index in [4.69, 9.17) is 9.47 Å². The van der Waals surface area contributed by atoms with Gasteiger partial charge in [-0.1, -0.05) is 12.8 Å². The highest BCUT2D eigenvalue weighted by Gasteiger charge is 2.32. The number of carbonyl (C=O) groups excluding carboxylic acids is 3. The maximum Gasteiger partial charge on any atom is 0.304 e. The van der Waals surface area contributed by atoms with Gasteiger partial charge in [0.25, 0.3) is 0 Å². The Labute approximate surface area is 187 Å². The van der Waals surface area contributed by atoms with Crippen molar-refractivity contribution in [2.45, 2.75) is 71.2 Å². The summed E-state index contributed by atoms with van der Waals surface area (Å²) in [5.74, 6) is 0.883. The summed E-state index contributed by atoms with van der Waals surface area (Å²) in [6.45, 7) is 4.45. The van der Waals surface area contributed by atoms with Gasteiger partial charge in [-0.05, 0) is 44.4 Å². The Kier molecular flexibility index (Phi) is 6.62. The van der Waals surface area contributed by atoms with E-state index in [0.717, 1.165) is 36.9 Å². The lowest BCUT2D eigenvalue weighted by atomic mass is 10.1. The molecule has 2 fully saturated rings. The Bertz CT molecular complexity index is 925. The number of benzene rings is 1. The predicted molar refractivity (Wildman–Crippen MR) is 117 cm³/mol. The van der Waals surface area contributed by atoms with Crippen molar-refractivity contribution in [2.24, 2.45) is 4.99 Å². The molecule has 2 aliphatic heterocycles. The molecule has 9 nitrogen and oxygen atoms in total. The fourth-order valence-corrected chi connectivity index (χ4v) is 4.65. The number of nitrogens with one attached hydrogen (secondary N) is 1. The summed E-state index contributed by atoms with van der Waals surface area (Å²) in [5.41, 5.74) is 1.83. The van der Waals surface area contributed by atoms with Crippen LogP contribution in [0.15, 0.2) is 23.2 Å². The first-order chi connectivity index (χ1) is 15.4. The highest BCUT2D eigenvalue weighted by Crippen LogP contribution is 2.31. The smallest absolute Gasteiger partial charge is 0.304 e. The fourth-order valence-electron chi connectivity index (χ4n) is 4.65. The van der Waals surface area contributed by atoms with Crippen molar-refractivity contribution in [1.29, 1.82) is 0 Å². The summed E-state index contributed by atoms with van der Waals surface area (Å²) in [7, 11) is 0. The normalized spacial score (nSPS) is 18.4. The first-order valence-electron chi connectivity index (χ1n) is 11.3. The van der Waals surface area contributed by atoms with E-state index in [9.17, 15) is 14.4 Å². The van der Waals surface area contributed by atoms with Crippen molar-refractivity contribution >= 4 is 29.4 Å². The monoisotopic (exact) mass is 442 g/mol. The first-order valence-corrected chi connectivity index (χ1v) is 11.3. The standard InChI is InChI=1S/C23H30N4O5/c1-15(32-16(2)28)27(18-6-3-4-7-18)22(30)8-5-11-31-19-9-10-20-17(12-19)13-26-14-21(29)25-23(26)24-20/h9-10,12,15,18H,3-8,11,13-14H2,1-2H3,(H,24,25,29). The quantitative estimate of drug-likeness (QED) is 0.377. The van der Waals surface area contributed by atoms with Crippen LogP contribution in [0.1, 0.15) is 57.9 Å². The van der Waals surface area contributed by atoms with Gasteiger partial charge < -0.3 is 19.3 Å². The van der Waals surface area contributed by atoms with Crippen LogP contribution >= 0.6 is 0 Å². The SMILES string of the molecule is CC(=O)OC(C)N(C(=O)CCCOc1ccc2c(c1)CN1CC(=O)NC1=N2)C1CCCC1. The second kappa shape index (κ2) is 9.58. The molecule has 1 atom stereocenters. The maximum atomic E-state index is 12.9. The molecule has 1 saturated carbocycles. The molecule has 0 aromatic heterocycles. The lowest BCUT2D eigenvalue weighted by Gasteiger charge is -2.34. The van der Waals surface area contributed by atoms with Gasteiger partial charge >= 0.3 is 5.97 Å². The Morgan fingerprint density at radius 3 is 2.81 bits per heavy atom. The second-order valence-electron chi connectivity index (χ2n) is 8.53. The third-order valence-corrected chi connectivity index (χ3v) is 6.06. The minimum Gasteiger partial charge on any atom is -0.494 e. The Morgan fingerprint density at radius 1 is 1.28 bits per heavy atom. The highest BCUT2D eigenvalue weighted by molar-refractivity contribution is 6.05. The highest BCUT2D eigenvalue weighted by atomic mass is 16.6. The molecule has 0 bridgehead atoms. The minimum atomic E-state index is -0.554. The van der Waals surface area contributed by atoms with Crippen molar-refractivity contribution in [3.05, 3.63) is 23.8 Å². The van der Waals surface area contributed by atoms with Crippen molar-refractivity contribution in [2.75, 3.05) is 13.2 Å². The number of aliphatic imine (C=N–C) groups is 1. The zero-order chi connectivity index (χ0) is 22.7. The van der Waals surface area contributed by atoms with Gasteiger partial charge in [-0.3, -0.25) is 19.7 Å². The van der Waals surface area contributed by atoms with E-state index < -0.39 is 6.23 Å². The molecule has 32 heavy (non-hydrogen) atoms. The van der Waals surface area contributed by atoms with Gasteiger partial charge in [-0.25, -0.2) is 4.99 Å². The average molecular weight is 443 g/mol. The van der Waals surface area contributed by atoms with Crippen LogP contribution in [0.4, 0.5) is 5.69 Å². The molecule has 4 rings (SSSR count). The van der Waals surface area contributed by atoms with Crippen LogP contribution in [0.3, 0.4) is 0 Å². The van der Waals surface area contributed by atoms with Crippen LogP contribution in [0.5, 0.6) is 5.75 Å². The number of carbonyl (C=O) groups is 3. The Morgan fingerprint density at radius 2 is 2.06 bits per heavy atom. The van der Waals surface area contributed by atoms with E-state index in [0.29, 0.717) is 44.2 Å². The van der Waals surface area contributed by atoms with E-state index in [-0.39, 0.29) is 23.8 Å². The minimum absolute atomic E-state index is 0.00671. The van der Waals surface area contributed by atoms with Crippen LogP contribution in [-0.2, 0) is 25.7 Å². The molecule has 172 valence electrons. The van der Waals surface area contributed by atoms with Crippen LogP contribution in [-0.4, -0.2) is 59.0 Å². The van der Waals surface area contributed by atoms with E-state index in [1.54, 1.807) is 11.8 Å². The molecular formula is C23H30N4O5. The van der Waals surface area contributed by atoms with Crippen molar-refractivity contribution < 1.29 is 23.9 Å². The number of hydrogen-bond donors (Lipinski definition) is 1.